The van der Waals surface area contributed by atoms with Gasteiger partial charge in [0, 0.05) is 18.0 Å². The smallest absolute Gasteiger partial charge is 0.255 e. The number of hydrogen-bond donors (Lipinski definition) is 1. The molecule has 1 aromatic heterocycles. The van der Waals surface area contributed by atoms with Crippen molar-refractivity contribution in [2.45, 2.75) is 25.3 Å². The van der Waals surface area contributed by atoms with Crippen LogP contribution in [0.2, 0.25) is 0 Å². The van der Waals surface area contributed by atoms with Gasteiger partial charge in [-0.05, 0) is 37.5 Å². The van der Waals surface area contributed by atoms with Crippen LogP contribution in [0.5, 0.6) is 5.75 Å². The second-order valence-corrected chi connectivity index (χ2v) is 5.37. The van der Waals surface area contributed by atoms with E-state index in [1.807, 2.05) is 19.1 Å². The second-order valence-electron chi connectivity index (χ2n) is 5.37. The highest BCUT2D eigenvalue weighted by molar-refractivity contribution is 5.97. The van der Waals surface area contributed by atoms with E-state index in [4.69, 9.17) is 4.74 Å². The molecule has 21 heavy (non-hydrogen) atoms. The zero-order valence-electron chi connectivity index (χ0n) is 12.1. The topological polar surface area (TPSA) is 64.1 Å². The van der Waals surface area contributed by atoms with Crippen molar-refractivity contribution in [3.63, 3.8) is 0 Å². The number of hydrogen-bond acceptors (Lipinski definition) is 4. The molecule has 1 aromatic carbocycles. The summed E-state index contributed by atoms with van der Waals surface area (Å²) in [4.78, 5) is 20.6. The van der Waals surface area contributed by atoms with E-state index >= 15 is 0 Å². The molecule has 0 unspecified atom stereocenters. The molecule has 108 valence electrons. The Morgan fingerprint density at radius 2 is 2.00 bits per heavy atom. The van der Waals surface area contributed by atoms with E-state index in [9.17, 15) is 4.79 Å². The summed E-state index contributed by atoms with van der Waals surface area (Å²) in [7, 11) is 1.57. The van der Waals surface area contributed by atoms with Crippen LogP contribution in [0.15, 0.2) is 36.9 Å². The highest BCUT2D eigenvalue weighted by Crippen LogP contribution is 2.45. The average Bonchev–Trinajstić information content (AvgIpc) is 3.28. The number of carbonyl (C=O) groups is 1. The monoisotopic (exact) mass is 283 g/mol. The predicted molar refractivity (Wildman–Crippen MR) is 78.1 cm³/mol. The van der Waals surface area contributed by atoms with E-state index < -0.39 is 0 Å². The van der Waals surface area contributed by atoms with Crippen LogP contribution < -0.4 is 10.1 Å². The molecule has 5 nitrogen and oxygen atoms in total. The summed E-state index contributed by atoms with van der Waals surface area (Å²) in [6.45, 7) is 1.97. The largest absolute Gasteiger partial charge is 0.496 e. The minimum absolute atomic E-state index is 0.131. The molecule has 2 aromatic rings. The van der Waals surface area contributed by atoms with Crippen molar-refractivity contribution in [2.75, 3.05) is 7.11 Å². The maximum Gasteiger partial charge on any atom is 0.255 e. The third-order valence-electron chi connectivity index (χ3n) is 3.82. The van der Waals surface area contributed by atoms with Gasteiger partial charge in [-0.2, -0.15) is 0 Å². The van der Waals surface area contributed by atoms with Crippen LogP contribution in [-0.2, 0) is 5.54 Å². The molecule has 1 aliphatic carbocycles. The first-order valence-corrected chi connectivity index (χ1v) is 6.87. The maximum absolute atomic E-state index is 12.5. The predicted octanol–water partition coefficient (Wildman–Crippen LogP) is 2.21. The third-order valence-corrected chi connectivity index (χ3v) is 3.82. The third kappa shape index (κ3) is 2.59. The molecule has 0 bridgehead atoms. The Balaban J connectivity index is 1.84. The summed E-state index contributed by atoms with van der Waals surface area (Å²) in [5, 5.41) is 3.10. The van der Waals surface area contributed by atoms with Crippen LogP contribution in [-0.4, -0.2) is 23.0 Å². The van der Waals surface area contributed by atoms with E-state index in [-0.39, 0.29) is 11.4 Å². The Morgan fingerprint density at radius 1 is 1.29 bits per heavy atom. The lowest BCUT2D eigenvalue weighted by molar-refractivity contribution is 0.0927. The number of carbonyl (C=O) groups excluding carboxylic acids is 1. The molecule has 3 rings (SSSR count). The van der Waals surface area contributed by atoms with Crippen molar-refractivity contribution in [2.24, 2.45) is 0 Å². The normalized spacial score (nSPS) is 15.3. The lowest BCUT2D eigenvalue weighted by Gasteiger charge is -2.18. The fraction of sp³-hybridized carbons (Fsp3) is 0.312. The second kappa shape index (κ2) is 5.16. The molecule has 0 aliphatic heterocycles. The molecule has 5 heteroatoms. The van der Waals surface area contributed by atoms with Gasteiger partial charge in [0.05, 0.1) is 18.2 Å². The maximum atomic E-state index is 12.5. The standard InChI is InChI=1S/C16H17N3O2/c1-11-3-4-13(14(7-11)21-2)15(20)19-16(5-6-16)12-8-17-10-18-9-12/h3-4,7-10H,5-6H2,1-2H3,(H,19,20). The van der Waals surface area contributed by atoms with Gasteiger partial charge in [0.2, 0.25) is 0 Å². The number of aromatic nitrogens is 2. The zero-order valence-corrected chi connectivity index (χ0v) is 12.1. The number of amides is 1. The van der Waals surface area contributed by atoms with Crippen LogP contribution >= 0.6 is 0 Å². The van der Waals surface area contributed by atoms with Gasteiger partial charge in [0.15, 0.2) is 0 Å². The van der Waals surface area contributed by atoms with E-state index in [0.29, 0.717) is 11.3 Å². The molecule has 1 amide bonds. The molecule has 1 heterocycles. The van der Waals surface area contributed by atoms with E-state index in [0.717, 1.165) is 24.0 Å². The molecular formula is C16H17N3O2. The van der Waals surface area contributed by atoms with Gasteiger partial charge >= 0.3 is 0 Å². The fourth-order valence-electron chi connectivity index (χ4n) is 2.43. The Hall–Kier alpha value is -2.43. The summed E-state index contributed by atoms with van der Waals surface area (Å²) in [5.74, 6) is 0.459. The summed E-state index contributed by atoms with van der Waals surface area (Å²) in [6.07, 6.45) is 6.81. The molecule has 1 fully saturated rings. The lowest BCUT2D eigenvalue weighted by Crippen LogP contribution is -2.35. The van der Waals surface area contributed by atoms with Crippen LogP contribution in [0, 0.1) is 6.92 Å². The summed E-state index contributed by atoms with van der Waals surface area (Å²) in [6, 6.07) is 5.56. The van der Waals surface area contributed by atoms with Gasteiger partial charge in [0.1, 0.15) is 12.1 Å². The van der Waals surface area contributed by atoms with Crippen molar-refractivity contribution in [3.8, 4) is 5.75 Å². The molecule has 0 saturated heterocycles. The van der Waals surface area contributed by atoms with Crippen molar-refractivity contribution < 1.29 is 9.53 Å². The highest BCUT2D eigenvalue weighted by Gasteiger charge is 2.46. The van der Waals surface area contributed by atoms with Gasteiger partial charge in [-0.25, -0.2) is 9.97 Å². The van der Waals surface area contributed by atoms with Crippen LogP contribution in [0.25, 0.3) is 0 Å². The van der Waals surface area contributed by atoms with Crippen molar-refractivity contribution in [3.05, 3.63) is 53.6 Å². The van der Waals surface area contributed by atoms with Crippen LogP contribution in [0.3, 0.4) is 0 Å². The first kappa shape index (κ1) is 13.5. The van der Waals surface area contributed by atoms with Crippen LogP contribution in [0.4, 0.5) is 0 Å². The van der Waals surface area contributed by atoms with Gasteiger partial charge < -0.3 is 10.1 Å². The Labute approximate surface area is 123 Å². The molecular weight excluding hydrogens is 266 g/mol. The number of ether oxygens (including phenoxy) is 1. The Kier molecular flexibility index (Phi) is 3.33. The quantitative estimate of drug-likeness (QED) is 0.934. The number of nitrogens with zero attached hydrogens (tertiary/aromatic N) is 2. The number of aryl methyl sites for hydroxylation is 1. The van der Waals surface area contributed by atoms with E-state index in [2.05, 4.69) is 15.3 Å². The molecule has 0 radical (unpaired) electrons. The van der Waals surface area contributed by atoms with Crippen molar-refractivity contribution in [1.29, 1.82) is 0 Å². The van der Waals surface area contributed by atoms with Crippen LogP contribution in [0.1, 0.15) is 34.3 Å². The van der Waals surface area contributed by atoms with Gasteiger partial charge in [-0.15, -0.1) is 0 Å². The number of benzene rings is 1. The number of nitrogens with one attached hydrogen (secondary N) is 1. The molecule has 0 spiro atoms. The van der Waals surface area contributed by atoms with Gasteiger partial charge in [0.25, 0.3) is 5.91 Å². The Bertz CT molecular complexity index is 666. The first-order chi connectivity index (χ1) is 10.1. The molecule has 1 saturated carbocycles. The molecule has 0 atom stereocenters. The fourth-order valence-corrected chi connectivity index (χ4v) is 2.43. The van der Waals surface area contributed by atoms with Gasteiger partial charge in [-0.3, -0.25) is 4.79 Å². The average molecular weight is 283 g/mol. The molecule has 1 N–H and O–H groups in total. The molecule has 1 aliphatic rings. The number of rotatable bonds is 4. The summed E-state index contributed by atoms with van der Waals surface area (Å²) >= 11 is 0. The highest BCUT2D eigenvalue weighted by atomic mass is 16.5. The van der Waals surface area contributed by atoms with Gasteiger partial charge in [-0.1, -0.05) is 6.07 Å². The minimum Gasteiger partial charge on any atom is -0.496 e. The first-order valence-electron chi connectivity index (χ1n) is 6.87. The van der Waals surface area contributed by atoms with E-state index in [1.54, 1.807) is 25.6 Å². The van der Waals surface area contributed by atoms with E-state index in [1.165, 1.54) is 6.33 Å². The summed E-state index contributed by atoms with van der Waals surface area (Å²) < 4.78 is 5.30. The SMILES string of the molecule is COc1cc(C)ccc1C(=O)NC1(c2cncnc2)CC1. The van der Waals surface area contributed by atoms with Crippen molar-refractivity contribution >= 4 is 5.91 Å². The summed E-state index contributed by atoms with van der Waals surface area (Å²) in [5.41, 5.74) is 2.23. The Morgan fingerprint density at radius 3 is 2.62 bits per heavy atom. The lowest BCUT2D eigenvalue weighted by atomic mass is 10.1. The number of methoxy groups -OCH3 is 1. The minimum atomic E-state index is -0.325. The van der Waals surface area contributed by atoms with Crippen molar-refractivity contribution in [1.82, 2.24) is 15.3 Å². The zero-order chi connectivity index (χ0) is 14.9.